The quantitative estimate of drug-likeness (QED) is 0.863. The first kappa shape index (κ1) is 16.6. The third-order valence-corrected chi connectivity index (χ3v) is 6.17. The zero-order valence-corrected chi connectivity index (χ0v) is 14.8. The zero-order chi connectivity index (χ0) is 16.7. The molecule has 0 aliphatic rings. The van der Waals surface area contributed by atoms with E-state index < -0.39 is 15.9 Å². The molecule has 0 aliphatic carbocycles. The van der Waals surface area contributed by atoms with Crippen LogP contribution < -0.4 is 0 Å². The fraction of sp³-hybridized carbons (Fsp3) is 0.333. The molecule has 5 nitrogen and oxygen atoms in total. The van der Waals surface area contributed by atoms with Crippen molar-refractivity contribution in [3.05, 3.63) is 44.9 Å². The molecular weight excluding hydrogens is 320 g/mol. The van der Waals surface area contributed by atoms with E-state index in [-0.39, 0.29) is 10.6 Å². The van der Waals surface area contributed by atoms with Crippen molar-refractivity contribution in [2.75, 3.05) is 7.05 Å². The monoisotopic (exact) mass is 338 g/mol. The summed E-state index contributed by atoms with van der Waals surface area (Å²) in [5.74, 6) is -0.622. The highest BCUT2D eigenvalue weighted by molar-refractivity contribution is 7.89. The summed E-state index contributed by atoms with van der Waals surface area (Å²) >= 11 is 1.31. The second kappa shape index (κ2) is 5.81. The third kappa shape index (κ3) is 2.91. The van der Waals surface area contributed by atoms with E-state index in [2.05, 4.69) is 4.98 Å². The van der Waals surface area contributed by atoms with E-state index in [1.165, 1.54) is 18.4 Å². The van der Waals surface area contributed by atoms with Gasteiger partial charge in [-0.05, 0) is 38.8 Å². The molecule has 0 saturated carbocycles. The van der Waals surface area contributed by atoms with Crippen LogP contribution in [0, 0.1) is 27.7 Å². The molecule has 1 heterocycles. The van der Waals surface area contributed by atoms with E-state index in [1.807, 2.05) is 6.92 Å². The number of thiazole rings is 1. The van der Waals surface area contributed by atoms with Crippen molar-refractivity contribution < 1.29 is 13.2 Å². The van der Waals surface area contributed by atoms with Crippen LogP contribution in [0.15, 0.2) is 22.4 Å². The molecule has 22 heavy (non-hydrogen) atoms. The molecule has 0 unspecified atom stereocenters. The van der Waals surface area contributed by atoms with Crippen molar-refractivity contribution in [3.63, 3.8) is 0 Å². The minimum atomic E-state index is -3.91. The van der Waals surface area contributed by atoms with Crippen molar-refractivity contribution >= 4 is 27.3 Å². The van der Waals surface area contributed by atoms with E-state index in [4.69, 9.17) is 0 Å². The molecule has 0 bridgehead atoms. The molecule has 0 atom stereocenters. The summed E-state index contributed by atoms with van der Waals surface area (Å²) < 4.78 is 26.3. The van der Waals surface area contributed by atoms with E-state index in [1.54, 1.807) is 38.3 Å². The number of aryl methyl sites for hydroxylation is 4. The van der Waals surface area contributed by atoms with Crippen molar-refractivity contribution in [2.24, 2.45) is 0 Å². The molecule has 1 amide bonds. The maximum Gasteiger partial charge on any atom is 0.286 e. The number of benzene rings is 1. The topological polar surface area (TPSA) is 67.3 Å². The summed E-state index contributed by atoms with van der Waals surface area (Å²) in [4.78, 5) is 16.6. The first-order chi connectivity index (χ1) is 10.1. The van der Waals surface area contributed by atoms with E-state index in [0.717, 1.165) is 14.9 Å². The van der Waals surface area contributed by atoms with Crippen LogP contribution in [0.2, 0.25) is 0 Å². The van der Waals surface area contributed by atoms with Gasteiger partial charge in [0.2, 0.25) is 0 Å². The van der Waals surface area contributed by atoms with Gasteiger partial charge in [0.05, 0.1) is 9.90 Å². The lowest BCUT2D eigenvalue weighted by atomic mass is 10.1. The Bertz CT molecular complexity index is 815. The summed E-state index contributed by atoms with van der Waals surface area (Å²) in [7, 11) is -2.64. The molecule has 0 saturated heterocycles. The average molecular weight is 338 g/mol. The molecule has 0 N–H and O–H groups in total. The Morgan fingerprint density at radius 2 is 1.68 bits per heavy atom. The number of hydrogen-bond donors (Lipinski definition) is 0. The fourth-order valence-electron chi connectivity index (χ4n) is 2.44. The van der Waals surface area contributed by atoms with Gasteiger partial charge in [-0.1, -0.05) is 17.7 Å². The van der Waals surface area contributed by atoms with E-state index >= 15 is 0 Å². The summed E-state index contributed by atoms with van der Waals surface area (Å²) in [5.41, 5.74) is 2.40. The Morgan fingerprint density at radius 3 is 2.14 bits per heavy atom. The van der Waals surface area contributed by atoms with Crippen LogP contribution in [0.4, 0.5) is 0 Å². The van der Waals surface area contributed by atoms with Gasteiger partial charge in [0, 0.05) is 12.4 Å². The van der Waals surface area contributed by atoms with Crippen molar-refractivity contribution in [2.45, 2.75) is 32.6 Å². The summed E-state index contributed by atoms with van der Waals surface area (Å²) in [6, 6.07) is 3.59. The molecule has 118 valence electrons. The van der Waals surface area contributed by atoms with Crippen LogP contribution in [0.3, 0.4) is 0 Å². The number of rotatable bonds is 3. The van der Waals surface area contributed by atoms with Crippen LogP contribution >= 0.6 is 11.3 Å². The second-order valence-electron chi connectivity index (χ2n) is 5.26. The molecule has 7 heteroatoms. The van der Waals surface area contributed by atoms with Crippen LogP contribution in [0.5, 0.6) is 0 Å². The van der Waals surface area contributed by atoms with Crippen LogP contribution in [-0.2, 0) is 10.0 Å². The first-order valence-electron chi connectivity index (χ1n) is 6.68. The number of aromatic nitrogens is 1. The lowest BCUT2D eigenvalue weighted by Crippen LogP contribution is -2.34. The normalized spacial score (nSPS) is 11.5. The fourth-order valence-corrected chi connectivity index (χ4v) is 4.55. The maximum atomic E-state index is 12.8. The standard InChI is InChI=1S/C15H18N2O3S2/c1-9-6-10(2)14(11(3)7-9)22(19,20)17(5)15(18)13-8-21-12(4)16-13/h6-8H,1-5H3. The van der Waals surface area contributed by atoms with Gasteiger partial charge in [-0.15, -0.1) is 11.3 Å². The molecule has 2 aromatic rings. The van der Waals surface area contributed by atoms with Gasteiger partial charge >= 0.3 is 0 Å². The second-order valence-corrected chi connectivity index (χ2v) is 8.23. The van der Waals surface area contributed by atoms with Crippen LogP contribution in [0.1, 0.15) is 32.2 Å². The Labute approximate surface area is 134 Å². The highest BCUT2D eigenvalue weighted by atomic mass is 32.2. The molecular formula is C15H18N2O3S2. The van der Waals surface area contributed by atoms with Gasteiger partial charge in [-0.25, -0.2) is 17.7 Å². The Hall–Kier alpha value is -1.73. The highest BCUT2D eigenvalue weighted by Gasteiger charge is 2.30. The van der Waals surface area contributed by atoms with Gasteiger partial charge in [0.25, 0.3) is 15.9 Å². The van der Waals surface area contributed by atoms with Crippen molar-refractivity contribution in [3.8, 4) is 0 Å². The smallest absolute Gasteiger partial charge is 0.266 e. The average Bonchev–Trinajstić information content (AvgIpc) is 2.82. The summed E-state index contributed by atoms with van der Waals surface area (Å²) in [6.07, 6.45) is 0. The number of hydrogen-bond acceptors (Lipinski definition) is 5. The summed E-state index contributed by atoms with van der Waals surface area (Å²) in [6.45, 7) is 7.14. The van der Waals surface area contributed by atoms with E-state index in [9.17, 15) is 13.2 Å². The minimum Gasteiger partial charge on any atom is -0.266 e. The van der Waals surface area contributed by atoms with Gasteiger partial charge in [0.15, 0.2) is 0 Å². The molecule has 0 aliphatic heterocycles. The predicted octanol–water partition coefficient (Wildman–Crippen LogP) is 2.84. The first-order valence-corrected chi connectivity index (χ1v) is 9.00. The van der Waals surface area contributed by atoms with Gasteiger partial charge in [0.1, 0.15) is 5.69 Å². The lowest BCUT2D eigenvalue weighted by molar-refractivity contribution is 0.0878. The zero-order valence-electron chi connectivity index (χ0n) is 13.2. The number of sulfonamides is 1. The lowest BCUT2D eigenvalue weighted by Gasteiger charge is -2.20. The number of carbonyl (C=O) groups is 1. The maximum absolute atomic E-state index is 12.8. The largest absolute Gasteiger partial charge is 0.286 e. The minimum absolute atomic E-state index is 0.149. The Morgan fingerprint density at radius 1 is 1.14 bits per heavy atom. The SMILES string of the molecule is Cc1cc(C)c(S(=O)(=O)N(C)C(=O)c2csc(C)n2)c(C)c1. The predicted molar refractivity (Wildman–Crippen MR) is 86.8 cm³/mol. The molecule has 1 aromatic heterocycles. The molecule has 0 radical (unpaired) electrons. The van der Waals surface area contributed by atoms with Crippen molar-refractivity contribution in [1.29, 1.82) is 0 Å². The van der Waals surface area contributed by atoms with Crippen molar-refractivity contribution in [1.82, 2.24) is 9.29 Å². The van der Waals surface area contributed by atoms with Crippen LogP contribution in [-0.4, -0.2) is 30.7 Å². The molecule has 0 fully saturated rings. The van der Waals surface area contributed by atoms with Gasteiger partial charge in [-0.2, -0.15) is 0 Å². The van der Waals surface area contributed by atoms with Gasteiger partial charge < -0.3 is 0 Å². The van der Waals surface area contributed by atoms with Gasteiger partial charge in [-0.3, -0.25) is 4.79 Å². The number of carbonyl (C=O) groups excluding carboxylic acids is 1. The molecule has 1 aromatic carbocycles. The number of nitrogens with zero attached hydrogens (tertiary/aromatic N) is 2. The Balaban J connectivity index is 2.49. The Kier molecular flexibility index (Phi) is 4.39. The molecule has 0 spiro atoms. The number of amides is 1. The van der Waals surface area contributed by atoms with Crippen LogP contribution in [0.25, 0.3) is 0 Å². The highest BCUT2D eigenvalue weighted by Crippen LogP contribution is 2.25. The summed E-state index contributed by atoms with van der Waals surface area (Å²) in [5, 5.41) is 2.29. The third-order valence-electron chi connectivity index (χ3n) is 3.35. The molecule has 2 rings (SSSR count). The van der Waals surface area contributed by atoms with E-state index in [0.29, 0.717) is 11.1 Å².